The van der Waals surface area contributed by atoms with E-state index in [-0.39, 0.29) is 12.1 Å². The maximum Gasteiger partial charge on any atom is 0.322 e. The van der Waals surface area contributed by atoms with E-state index in [4.69, 9.17) is 11.6 Å². The van der Waals surface area contributed by atoms with Crippen molar-refractivity contribution in [3.05, 3.63) is 99.7 Å². The van der Waals surface area contributed by atoms with Crippen LogP contribution in [0, 0.1) is 13.8 Å². The number of nitrogens with one attached hydrogen (secondary N) is 2. The summed E-state index contributed by atoms with van der Waals surface area (Å²) in [6.45, 7) is 4.72. The number of benzene rings is 3. The molecule has 0 saturated carbocycles. The number of rotatable bonds is 2. The fraction of sp³-hybridized carbons (Fsp3) is 0.192. The van der Waals surface area contributed by atoms with E-state index in [1.807, 2.05) is 54.3 Å². The molecule has 4 nitrogen and oxygen atoms in total. The number of anilines is 1. The standard InChI is InChI=1S/C26H24ClN3O/c1-16-6-8-18(9-7-16)25-24-21(22-15-19(27)10-11-23(22)29-24)12-13-30(25)26(31)28-20-5-3-4-17(2)14-20/h3-11,14-15,25,29H,12-13H2,1-2H3,(H,28,31)/t25-/m0/s1. The Balaban J connectivity index is 1.59. The van der Waals surface area contributed by atoms with E-state index in [0.29, 0.717) is 6.54 Å². The Hall–Kier alpha value is -3.24. The summed E-state index contributed by atoms with van der Waals surface area (Å²) >= 11 is 6.28. The number of aromatic amines is 1. The molecule has 2 N–H and O–H groups in total. The second-order valence-corrected chi connectivity index (χ2v) is 8.70. The minimum Gasteiger partial charge on any atom is -0.356 e. The van der Waals surface area contributed by atoms with Gasteiger partial charge in [0.15, 0.2) is 0 Å². The average Bonchev–Trinajstić information content (AvgIpc) is 3.11. The van der Waals surface area contributed by atoms with E-state index < -0.39 is 0 Å². The Morgan fingerprint density at radius 3 is 2.61 bits per heavy atom. The van der Waals surface area contributed by atoms with Crippen LogP contribution in [-0.4, -0.2) is 22.5 Å². The number of amides is 2. The van der Waals surface area contributed by atoms with Crippen LogP contribution in [0.3, 0.4) is 0 Å². The van der Waals surface area contributed by atoms with Gasteiger partial charge in [-0.05, 0) is 67.3 Å². The molecular formula is C26H24ClN3O. The summed E-state index contributed by atoms with van der Waals surface area (Å²) in [6, 6.07) is 21.9. The van der Waals surface area contributed by atoms with Crippen LogP contribution in [0.4, 0.5) is 10.5 Å². The lowest BCUT2D eigenvalue weighted by Crippen LogP contribution is -2.43. The smallest absolute Gasteiger partial charge is 0.322 e. The van der Waals surface area contributed by atoms with Gasteiger partial charge >= 0.3 is 6.03 Å². The minimum absolute atomic E-state index is 0.0986. The van der Waals surface area contributed by atoms with Crippen molar-refractivity contribution in [2.45, 2.75) is 26.3 Å². The summed E-state index contributed by atoms with van der Waals surface area (Å²) in [6.07, 6.45) is 0.777. The molecule has 3 aromatic carbocycles. The van der Waals surface area contributed by atoms with Gasteiger partial charge in [-0.3, -0.25) is 0 Å². The molecule has 1 atom stereocenters. The first kappa shape index (κ1) is 19.7. The Morgan fingerprint density at radius 1 is 1.03 bits per heavy atom. The zero-order chi connectivity index (χ0) is 21.5. The number of urea groups is 1. The number of carbonyl (C=O) groups excluding carboxylic acids is 1. The van der Waals surface area contributed by atoms with E-state index >= 15 is 0 Å². The molecule has 0 spiro atoms. The van der Waals surface area contributed by atoms with Crippen molar-refractivity contribution in [3.8, 4) is 0 Å². The first-order valence-electron chi connectivity index (χ1n) is 10.5. The normalized spacial score (nSPS) is 15.7. The van der Waals surface area contributed by atoms with Crippen LogP contribution >= 0.6 is 11.6 Å². The number of nitrogens with zero attached hydrogens (tertiary/aromatic N) is 1. The quantitative estimate of drug-likeness (QED) is 0.369. The van der Waals surface area contributed by atoms with Crippen LogP contribution in [0.2, 0.25) is 5.02 Å². The van der Waals surface area contributed by atoms with Gasteiger partial charge in [-0.2, -0.15) is 0 Å². The molecule has 156 valence electrons. The van der Waals surface area contributed by atoms with Gasteiger partial charge in [0.05, 0.1) is 6.04 Å². The van der Waals surface area contributed by atoms with Gasteiger partial charge in [0.1, 0.15) is 0 Å². The molecular weight excluding hydrogens is 406 g/mol. The molecule has 4 aromatic rings. The third-order valence-corrected chi connectivity index (χ3v) is 6.25. The molecule has 0 aliphatic carbocycles. The molecule has 0 radical (unpaired) electrons. The molecule has 31 heavy (non-hydrogen) atoms. The first-order chi connectivity index (χ1) is 15.0. The Labute approximate surface area is 186 Å². The maximum absolute atomic E-state index is 13.4. The SMILES string of the molecule is Cc1ccc([C@H]2c3[nH]c4ccc(Cl)cc4c3CCN2C(=O)Nc2cccc(C)c2)cc1. The average molecular weight is 430 g/mol. The second kappa shape index (κ2) is 7.78. The van der Waals surface area contributed by atoms with Crippen LogP contribution in [0.15, 0.2) is 66.7 Å². The van der Waals surface area contributed by atoms with Crippen molar-refractivity contribution in [1.29, 1.82) is 0 Å². The van der Waals surface area contributed by atoms with Gasteiger partial charge < -0.3 is 15.2 Å². The summed E-state index contributed by atoms with van der Waals surface area (Å²) in [7, 11) is 0. The zero-order valence-electron chi connectivity index (χ0n) is 17.6. The molecule has 2 heterocycles. The number of halogens is 1. The summed E-state index contributed by atoms with van der Waals surface area (Å²) in [4.78, 5) is 18.9. The summed E-state index contributed by atoms with van der Waals surface area (Å²) < 4.78 is 0. The first-order valence-corrected chi connectivity index (χ1v) is 10.9. The van der Waals surface area contributed by atoms with E-state index in [2.05, 4.69) is 41.5 Å². The van der Waals surface area contributed by atoms with Crippen LogP contribution in [0.25, 0.3) is 10.9 Å². The molecule has 0 bridgehead atoms. The number of carbonyl (C=O) groups is 1. The lowest BCUT2D eigenvalue weighted by molar-refractivity contribution is 0.193. The van der Waals surface area contributed by atoms with Crippen LogP contribution in [-0.2, 0) is 6.42 Å². The highest BCUT2D eigenvalue weighted by Crippen LogP contribution is 2.39. The molecule has 5 heteroatoms. The van der Waals surface area contributed by atoms with Crippen LogP contribution in [0.5, 0.6) is 0 Å². The highest BCUT2D eigenvalue weighted by molar-refractivity contribution is 6.31. The van der Waals surface area contributed by atoms with Gasteiger partial charge in [0.2, 0.25) is 0 Å². The fourth-order valence-electron chi connectivity index (χ4n) is 4.49. The highest BCUT2D eigenvalue weighted by atomic mass is 35.5. The molecule has 2 amide bonds. The molecule has 1 aliphatic heterocycles. The Kier molecular flexibility index (Phi) is 4.95. The van der Waals surface area contributed by atoms with Crippen molar-refractivity contribution in [2.75, 3.05) is 11.9 Å². The van der Waals surface area contributed by atoms with Crippen molar-refractivity contribution >= 4 is 34.2 Å². The summed E-state index contributed by atoms with van der Waals surface area (Å²) in [5, 5.41) is 4.95. The monoisotopic (exact) mass is 429 g/mol. The number of hydrogen-bond donors (Lipinski definition) is 2. The van der Waals surface area contributed by atoms with Crippen molar-refractivity contribution in [3.63, 3.8) is 0 Å². The van der Waals surface area contributed by atoms with Crippen molar-refractivity contribution < 1.29 is 4.79 Å². The predicted molar refractivity (Wildman–Crippen MR) is 127 cm³/mol. The maximum atomic E-state index is 13.4. The number of aromatic nitrogens is 1. The fourth-order valence-corrected chi connectivity index (χ4v) is 4.67. The molecule has 0 unspecified atom stereocenters. The lowest BCUT2D eigenvalue weighted by atomic mass is 9.92. The topological polar surface area (TPSA) is 48.1 Å². The van der Waals surface area contributed by atoms with E-state index in [1.165, 1.54) is 11.1 Å². The number of aryl methyl sites for hydroxylation is 2. The van der Waals surface area contributed by atoms with Gasteiger partial charge in [-0.15, -0.1) is 0 Å². The Morgan fingerprint density at radius 2 is 1.84 bits per heavy atom. The Bertz CT molecular complexity index is 1280. The molecule has 1 aromatic heterocycles. The van der Waals surface area contributed by atoms with Gasteiger partial charge in [0, 0.05) is 33.9 Å². The minimum atomic E-state index is -0.194. The largest absolute Gasteiger partial charge is 0.356 e. The van der Waals surface area contributed by atoms with Crippen LogP contribution in [0.1, 0.15) is 34.0 Å². The van der Waals surface area contributed by atoms with E-state index in [0.717, 1.165) is 44.9 Å². The predicted octanol–water partition coefficient (Wildman–Crippen LogP) is 6.62. The van der Waals surface area contributed by atoms with Gasteiger partial charge in [-0.25, -0.2) is 4.79 Å². The second-order valence-electron chi connectivity index (χ2n) is 8.26. The molecule has 1 aliphatic rings. The number of H-pyrrole nitrogens is 1. The van der Waals surface area contributed by atoms with E-state index in [1.54, 1.807) is 0 Å². The van der Waals surface area contributed by atoms with E-state index in [9.17, 15) is 4.79 Å². The zero-order valence-corrected chi connectivity index (χ0v) is 18.3. The molecule has 0 fully saturated rings. The lowest BCUT2D eigenvalue weighted by Gasteiger charge is -2.36. The highest BCUT2D eigenvalue weighted by Gasteiger charge is 2.34. The van der Waals surface area contributed by atoms with Gasteiger partial charge in [0.25, 0.3) is 0 Å². The third kappa shape index (κ3) is 3.68. The van der Waals surface area contributed by atoms with Crippen LogP contribution < -0.4 is 5.32 Å². The third-order valence-electron chi connectivity index (χ3n) is 6.01. The number of hydrogen-bond acceptors (Lipinski definition) is 1. The molecule has 0 saturated heterocycles. The summed E-state index contributed by atoms with van der Waals surface area (Å²) in [5.41, 5.74) is 7.55. The summed E-state index contributed by atoms with van der Waals surface area (Å²) in [5.74, 6) is 0. The van der Waals surface area contributed by atoms with Crippen molar-refractivity contribution in [1.82, 2.24) is 9.88 Å². The van der Waals surface area contributed by atoms with Gasteiger partial charge in [-0.1, -0.05) is 53.6 Å². The number of fused-ring (bicyclic) bond motifs is 3. The molecule has 5 rings (SSSR count). The van der Waals surface area contributed by atoms with Crippen molar-refractivity contribution in [2.24, 2.45) is 0 Å².